The highest BCUT2D eigenvalue weighted by molar-refractivity contribution is 5.96. The van der Waals surface area contributed by atoms with Gasteiger partial charge in [0.1, 0.15) is 5.84 Å². The molecular formula is C11H14N2O2. The maximum Gasteiger partial charge on any atom is 0.303 e. The molecule has 0 aromatic heterocycles. The molecule has 4 heteroatoms. The molecule has 1 aromatic carbocycles. The van der Waals surface area contributed by atoms with Crippen LogP contribution in [-0.4, -0.2) is 16.9 Å². The number of aliphatic carboxylic acids is 1. The smallest absolute Gasteiger partial charge is 0.303 e. The van der Waals surface area contributed by atoms with Crippen LogP contribution in [-0.2, 0) is 11.2 Å². The van der Waals surface area contributed by atoms with E-state index in [1.807, 2.05) is 18.2 Å². The Morgan fingerprint density at radius 3 is 2.67 bits per heavy atom. The van der Waals surface area contributed by atoms with Crippen LogP contribution in [0.5, 0.6) is 0 Å². The van der Waals surface area contributed by atoms with Gasteiger partial charge in [0.2, 0.25) is 0 Å². The van der Waals surface area contributed by atoms with Crippen LogP contribution in [0.1, 0.15) is 24.0 Å². The third kappa shape index (κ3) is 3.42. The van der Waals surface area contributed by atoms with Gasteiger partial charge < -0.3 is 10.8 Å². The van der Waals surface area contributed by atoms with Gasteiger partial charge in [-0.2, -0.15) is 0 Å². The van der Waals surface area contributed by atoms with Gasteiger partial charge in [0.25, 0.3) is 0 Å². The van der Waals surface area contributed by atoms with E-state index in [1.54, 1.807) is 6.07 Å². The summed E-state index contributed by atoms with van der Waals surface area (Å²) in [6, 6.07) is 7.33. The first-order valence-corrected chi connectivity index (χ1v) is 4.75. The van der Waals surface area contributed by atoms with Gasteiger partial charge in [0, 0.05) is 12.0 Å². The van der Waals surface area contributed by atoms with Crippen LogP contribution in [0.2, 0.25) is 0 Å². The van der Waals surface area contributed by atoms with E-state index in [-0.39, 0.29) is 12.3 Å². The first-order chi connectivity index (χ1) is 7.11. The molecule has 0 aliphatic rings. The molecule has 80 valence electrons. The lowest BCUT2D eigenvalue weighted by molar-refractivity contribution is -0.137. The second kappa shape index (κ2) is 5.14. The number of rotatable bonds is 5. The number of benzene rings is 1. The fourth-order valence-corrected chi connectivity index (χ4v) is 1.43. The minimum absolute atomic E-state index is 0.0286. The lowest BCUT2D eigenvalue weighted by Crippen LogP contribution is -2.13. The number of carboxylic acid groups (broad SMARTS) is 1. The van der Waals surface area contributed by atoms with E-state index in [1.165, 1.54) is 0 Å². The summed E-state index contributed by atoms with van der Waals surface area (Å²) in [6.07, 6.45) is 1.36. The lowest BCUT2D eigenvalue weighted by Gasteiger charge is -2.06. The van der Waals surface area contributed by atoms with Crippen molar-refractivity contribution in [3.63, 3.8) is 0 Å². The van der Waals surface area contributed by atoms with Crippen molar-refractivity contribution >= 4 is 11.8 Å². The second-order valence-corrected chi connectivity index (χ2v) is 3.32. The Labute approximate surface area is 88.2 Å². The second-order valence-electron chi connectivity index (χ2n) is 3.32. The molecule has 0 atom stereocenters. The quantitative estimate of drug-likeness (QED) is 0.502. The molecule has 4 N–H and O–H groups in total. The van der Waals surface area contributed by atoms with E-state index in [0.29, 0.717) is 18.4 Å². The summed E-state index contributed by atoms with van der Waals surface area (Å²) >= 11 is 0. The normalized spacial score (nSPS) is 9.87. The molecule has 0 saturated carbocycles. The molecule has 4 nitrogen and oxygen atoms in total. The van der Waals surface area contributed by atoms with Crippen LogP contribution in [0.15, 0.2) is 24.3 Å². The summed E-state index contributed by atoms with van der Waals surface area (Å²) in [5.41, 5.74) is 7.05. The summed E-state index contributed by atoms with van der Waals surface area (Å²) in [5.74, 6) is -0.767. The van der Waals surface area contributed by atoms with Crippen molar-refractivity contribution in [3.05, 3.63) is 35.4 Å². The van der Waals surface area contributed by atoms with Crippen molar-refractivity contribution in [1.29, 1.82) is 5.41 Å². The summed E-state index contributed by atoms with van der Waals surface area (Å²) in [4.78, 5) is 10.3. The number of carbonyl (C=O) groups is 1. The van der Waals surface area contributed by atoms with Gasteiger partial charge in [-0.3, -0.25) is 10.2 Å². The third-order valence-corrected chi connectivity index (χ3v) is 2.14. The standard InChI is InChI=1S/C11H14N2O2/c12-11(13)9-6-2-1-4-8(9)5-3-7-10(14)15/h1-2,4,6H,3,5,7H2,(H3,12,13)(H,14,15). The van der Waals surface area contributed by atoms with Gasteiger partial charge in [0.05, 0.1) is 0 Å². The van der Waals surface area contributed by atoms with Gasteiger partial charge in [-0.25, -0.2) is 0 Å². The zero-order valence-electron chi connectivity index (χ0n) is 8.36. The molecule has 15 heavy (non-hydrogen) atoms. The molecule has 0 fully saturated rings. The zero-order chi connectivity index (χ0) is 11.3. The molecule has 0 aliphatic heterocycles. The molecule has 1 rings (SSSR count). The van der Waals surface area contributed by atoms with Crippen LogP contribution in [0, 0.1) is 5.41 Å². The predicted molar refractivity (Wildman–Crippen MR) is 58.0 cm³/mol. The lowest BCUT2D eigenvalue weighted by atomic mass is 10.0. The Bertz CT molecular complexity index is 375. The van der Waals surface area contributed by atoms with Crippen molar-refractivity contribution in [2.45, 2.75) is 19.3 Å². The van der Waals surface area contributed by atoms with Crippen molar-refractivity contribution in [1.82, 2.24) is 0 Å². The SMILES string of the molecule is N=C(N)c1ccccc1CCCC(=O)O. The fourth-order valence-electron chi connectivity index (χ4n) is 1.43. The fraction of sp³-hybridized carbons (Fsp3) is 0.273. The Morgan fingerprint density at radius 1 is 1.40 bits per heavy atom. The number of hydrogen-bond acceptors (Lipinski definition) is 2. The Balaban J connectivity index is 2.67. The van der Waals surface area contributed by atoms with Crippen LogP contribution in [0.4, 0.5) is 0 Å². The minimum atomic E-state index is -0.796. The van der Waals surface area contributed by atoms with Crippen molar-refractivity contribution in [3.8, 4) is 0 Å². The van der Waals surface area contributed by atoms with Crippen molar-refractivity contribution in [2.24, 2.45) is 5.73 Å². The van der Waals surface area contributed by atoms with Gasteiger partial charge in [0.15, 0.2) is 0 Å². The molecule has 0 aliphatic carbocycles. The van der Waals surface area contributed by atoms with E-state index in [9.17, 15) is 4.79 Å². The van der Waals surface area contributed by atoms with Crippen LogP contribution in [0.25, 0.3) is 0 Å². The van der Waals surface area contributed by atoms with E-state index < -0.39 is 5.97 Å². The maximum atomic E-state index is 10.3. The van der Waals surface area contributed by atoms with Crippen LogP contribution >= 0.6 is 0 Å². The van der Waals surface area contributed by atoms with Crippen molar-refractivity contribution < 1.29 is 9.90 Å². The Hall–Kier alpha value is -1.84. The summed E-state index contributed by atoms with van der Waals surface area (Å²) in [7, 11) is 0. The molecule has 0 spiro atoms. The number of aryl methyl sites for hydroxylation is 1. The average molecular weight is 206 g/mol. The van der Waals surface area contributed by atoms with Gasteiger partial charge in [-0.05, 0) is 18.4 Å². The Morgan fingerprint density at radius 2 is 2.07 bits per heavy atom. The monoisotopic (exact) mass is 206 g/mol. The van der Waals surface area contributed by atoms with Gasteiger partial charge >= 0.3 is 5.97 Å². The highest BCUT2D eigenvalue weighted by atomic mass is 16.4. The van der Waals surface area contributed by atoms with Crippen molar-refractivity contribution in [2.75, 3.05) is 0 Å². The molecule has 0 heterocycles. The molecule has 1 aromatic rings. The van der Waals surface area contributed by atoms with E-state index in [4.69, 9.17) is 16.2 Å². The Kier molecular flexibility index (Phi) is 3.85. The first kappa shape index (κ1) is 11.2. The van der Waals surface area contributed by atoms with Crippen LogP contribution in [0.3, 0.4) is 0 Å². The summed E-state index contributed by atoms with van der Waals surface area (Å²) < 4.78 is 0. The van der Waals surface area contributed by atoms with Gasteiger partial charge in [-0.15, -0.1) is 0 Å². The topological polar surface area (TPSA) is 87.2 Å². The number of carboxylic acids is 1. The number of nitrogens with one attached hydrogen (secondary N) is 1. The molecule has 0 amide bonds. The molecule has 0 radical (unpaired) electrons. The molecule has 0 saturated heterocycles. The third-order valence-electron chi connectivity index (χ3n) is 2.14. The van der Waals surface area contributed by atoms with E-state index in [2.05, 4.69) is 0 Å². The van der Waals surface area contributed by atoms with Crippen LogP contribution < -0.4 is 5.73 Å². The molecule has 0 unspecified atom stereocenters. The average Bonchev–Trinajstić information content (AvgIpc) is 2.17. The summed E-state index contributed by atoms with van der Waals surface area (Å²) in [5, 5.41) is 15.9. The number of hydrogen-bond donors (Lipinski definition) is 3. The largest absolute Gasteiger partial charge is 0.481 e. The first-order valence-electron chi connectivity index (χ1n) is 4.75. The zero-order valence-corrected chi connectivity index (χ0v) is 8.36. The van der Waals surface area contributed by atoms with E-state index >= 15 is 0 Å². The van der Waals surface area contributed by atoms with Gasteiger partial charge in [-0.1, -0.05) is 24.3 Å². The predicted octanol–water partition coefficient (Wildman–Crippen LogP) is 1.38. The highest BCUT2D eigenvalue weighted by Gasteiger charge is 2.05. The van der Waals surface area contributed by atoms with E-state index in [0.717, 1.165) is 5.56 Å². The number of amidine groups is 1. The summed E-state index contributed by atoms with van der Waals surface area (Å²) in [6.45, 7) is 0. The number of nitrogens with two attached hydrogens (primary N) is 1. The maximum absolute atomic E-state index is 10.3. The number of nitrogen functional groups attached to an aromatic ring is 1. The molecular weight excluding hydrogens is 192 g/mol. The molecule has 0 bridgehead atoms. The minimum Gasteiger partial charge on any atom is -0.481 e. The highest BCUT2D eigenvalue weighted by Crippen LogP contribution is 2.11.